The molecule has 0 heterocycles. The van der Waals surface area contributed by atoms with Crippen molar-refractivity contribution in [2.75, 3.05) is 0 Å². The van der Waals surface area contributed by atoms with Gasteiger partial charge in [0.1, 0.15) is 5.75 Å². The number of rotatable bonds is 2. The summed E-state index contributed by atoms with van der Waals surface area (Å²) in [7, 11) is 0. The van der Waals surface area contributed by atoms with Crippen LogP contribution >= 0.6 is 15.9 Å². The summed E-state index contributed by atoms with van der Waals surface area (Å²) in [5.74, 6) is 0.257. The molecule has 3 heteroatoms. The fourth-order valence-electron chi connectivity index (χ4n) is 3.77. The Morgan fingerprint density at radius 2 is 1.48 bits per heavy atom. The quantitative estimate of drug-likeness (QED) is 0.179. The number of ether oxygens (including phenoxy) is 1. The Bertz CT molecular complexity index is 1300. The summed E-state index contributed by atoms with van der Waals surface area (Å²) >= 11 is 3.38. The molecular formula is C24H15BrO2. The number of benzene rings is 5. The molecule has 0 bridgehead atoms. The summed E-state index contributed by atoms with van der Waals surface area (Å²) in [5.41, 5.74) is 1.51. The Morgan fingerprint density at radius 1 is 0.815 bits per heavy atom. The Labute approximate surface area is 164 Å². The molecule has 0 atom stereocenters. The van der Waals surface area contributed by atoms with E-state index in [9.17, 15) is 4.79 Å². The SMILES string of the molecule is Cc1c(OC(=O)c2ccc(Br)cc2)cc2ccc3cccc4ccc1c2c34. The molecule has 0 spiro atoms. The van der Waals surface area contributed by atoms with Gasteiger partial charge in [-0.15, -0.1) is 0 Å². The molecule has 0 aliphatic rings. The molecule has 0 saturated heterocycles. The Morgan fingerprint density at radius 3 is 2.22 bits per heavy atom. The minimum atomic E-state index is -0.349. The lowest BCUT2D eigenvalue weighted by Gasteiger charge is -2.15. The minimum Gasteiger partial charge on any atom is -0.423 e. The molecule has 0 aliphatic carbocycles. The normalized spacial score (nSPS) is 11.5. The summed E-state index contributed by atoms with van der Waals surface area (Å²) in [4.78, 5) is 12.6. The van der Waals surface area contributed by atoms with E-state index in [-0.39, 0.29) is 5.97 Å². The predicted molar refractivity (Wildman–Crippen MR) is 114 cm³/mol. The number of halogens is 1. The first-order valence-electron chi connectivity index (χ1n) is 8.77. The van der Waals surface area contributed by atoms with Gasteiger partial charge in [0.2, 0.25) is 0 Å². The van der Waals surface area contributed by atoms with Crippen LogP contribution in [0.3, 0.4) is 0 Å². The van der Waals surface area contributed by atoms with E-state index in [2.05, 4.69) is 58.4 Å². The number of hydrogen-bond donors (Lipinski definition) is 0. The first kappa shape index (κ1) is 16.3. The van der Waals surface area contributed by atoms with E-state index in [1.807, 2.05) is 25.1 Å². The molecule has 0 aliphatic heterocycles. The van der Waals surface area contributed by atoms with E-state index in [1.54, 1.807) is 12.1 Å². The van der Waals surface area contributed by atoms with Crippen molar-refractivity contribution in [3.8, 4) is 5.75 Å². The Balaban J connectivity index is 1.68. The van der Waals surface area contributed by atoms with Crippen LogP contribution in [0.4, 0.5) is 0 Å². The van der Waals surface area contributed by atoms with Crippen molar-refractivity contribution < 1.29 is 9.53 Å². The smallest absolute Gasteiger partial charge is 0.343 e. The van der Waals surface area contributed by atoms with Gasteiger partial charge in [-0.1, -0.05) is 58.4 Å². The molecule has 0 N–H and O–H groups in total. The summed E-state index contributed by atoms with van der Waals surface area (Å²) in [6, 6.07) is 24.0. The van der Waals surface area contributed by atoms with Crippen LogP contribution in [-0.2, 0) is 0 Å². The van der Waals surface area contributed by atoms with Crippen LogP contribution in [0.2, 0.25) is 0 Å². The second-order valence-corrected chi connectivity index (χ2v) is 7.67. The van der Waals surface area contributed by atoms with Crippen LogP contribution in [-0.4, -0.2) is 5.97 Å². The van der Waals surface area contributed by atoms with Gasteiger partial charge in [-0.05, 0) is 75.1 Å². The standard InChI is InChI=1S/C24H15BrO2/c1-14-20-12-9-16-4-2-3-15-5-6-18(23(20)22(15)16)13-21(14)27-24(26)17-7-10-19(25)11-8-17/h2-13H,1H3. The summed E-state index contributed by atoms with van der Waals surface area (Å²) in [6.45, 7) is 2.01. The zero-order chi connectivity index (χ0) is 18.5. The van der Waals surface area contributed by atoms with E-state index < -0.39 is 0 Å². The van der Waals surface area contributed by atoms with Crippen molar-refractivity contribution in [2.24, 2.45) is 0 Å². The highest BCUT2D eigenvalue weighted by atomic mass is 79.9. The number of aryl methyl sites for hydroxylation is 1. The van der Waals surface area contributed by atoms with Gasteiger partial charge >= 0.3 is 5.97 Å². The maximum atomic E-state index is 12.6. The molecule has 5 aromatic rings. The zero-order valence-corrected chi connectivity index (χ0v) is 16.2. The van der Waals surface area contributed by atoms with Crippen LogP contribution in [0.5, 0.6) is 5.75 Å². The monoisotopic (exact) mass is 414 g/mol. The maximum absolute atomic E-state index is 12.6. The fraction of sp³-hybridized carbons (Fsp3) is 0.0417. The third kappa shape index (κ3) is 2.58. The van der Waals surface area contributed by atoms with Crippen LogP contribution in [0.1, 0.15) is 15.9 Å². The average Bonchev–Trinajstić information content (AvgIpc) is 2.69. The fourth-order valence-corrected chi connectivity index (χ4v) is 4.04. The number of esters is 1. The summed E-state index contributed by atoms with van der Waals surface area (Å²) in [5, 5.41) is 7.15. The zero-order valence-electron chi connectivity index (χ0n) is 14.6. The van der Waals surface area contributed by atoms with Crippen molar-refractivity contribution in [1.82, 2.24) is 0 Å². The van der Waals surface area contributed by atoms with Gasteiger partial charge < -0.3 is 4.74 Å². The molecule has 0 radical (unpaired) electrons. The molecule has 0 saturated carbocycles. The highest BCUT2D eigenvalue weighted by molar-refractivity contribution is 9.10. The van der Waals surface area contributed by atoms with E-state index in [4.69, 9.17) is 4.74 Å². The highest BCUT2D eigenvalue weighted by Crippen LogP contribution is 2.39. The van der Waals surface area contributed by atoms with Gasteiger partial charge in [0, 0.05) is 4.47 Å². The van der Waals surface area contributed by atoms with Gasteiger partial charge in [0.25, 0.3) is 0 Å². The number of carbonyl (C=O) groups is 1. The van der Waals surface area contributed by atoms with Gasteiger partial charge in [-0.25, -0.2) is 4.79 Å². The highest BCUT2D eigenvalue weighted by Gasteiger charge is 2.16. The molecule has 0 fully saturated rings. The largest absolute Gasteiger partial charge is 0.423 e. The van der Waals surface area contributed by atoms with Gasteiger partial charge in [-0.2, -0.15) is 0 Å². The van der Waals surface area contributed by atoms with E-state index in [0.29, 0.717) is 11.3 Å². The van der Waals surface area contributed by atoms with Crippen molar-refractivity contribution in [1.29, 1.82) is 0 Å². The van der Waals surface area contributed by atoms with Crippen molar-refractivity contribution >= 4 is 54.2 Å². The molecule has 2 nitrogen and oxygen atoms in total. The molecule has 0 aromatic heterocycles. The van der Waals surface area contributed by atoms with Crippen LogP contribution in [0.25, 0.3) is 32.3 Å². The lowest BCUT2D eigenvalue weighted by Crippen LogP contribution is -2.09. The first-order chi connectivity index (χ1) is 13.1. The van der Waals surface area contributed by atoms with E-state index in [0.717, 1.165) is 20.8 Å². The molecule has 0 unspecified atom stereocenters. The lowest BCUT2D eigenvalue weighted by molar-refractivity contribution is 0.0734. The second kappa shape index (κ2) is 6.07. The van der Waals surface area contributed by atoms with E-state index >= 15 is 0 Å². The van der Waals surface area contributed by atoms with Crippen molar-refractivity contribution in [3.63, 3.8) is 0 Å². The lowest BCUT2D eigenvalue weighted by atomic mass is 9.92. The maximum Gasteiger partial charge on any atom is 0.343 e. The van der Waals surface area contributed by atoms with Crippen LogP contribution in [0.15, 0.2) is 77.3 Å². The van der Waals surface area contributed by atoms with Gasteiger partial charge in [0.05, 0.1) is 5.56 Å². The molecule has 130 valence electrons. The topological polar surface area (TPSA) is 26.3 Å². The molecule has 5 rings (SSSR count). The predicted octanol–water partition coefficient (Wildman–Crippen LogP) is 6.87. The number of carbonyl (C=O) groups excluding carboxylic acids is 1. The Kier molecular flexibility index (Phi) is 3.66. The van der Waals surface area contributed by atoms with Crippen molar-refractivity contribution in [2.45, 2.75) is 6.92 Å². The third-order valence-corrected chi connectivity index (χ3v) is 5.68. The number of hydrogen-bond acceptors (Lipinski definition) is 2. The van der Waals surface area contributed by atoms with Crippen molar-refractivity contribution in [3.05, 3.63) is 88.4 Å². The average molecular weight is 415 g/mol. The molecular weight excluding hydrogens is 400 g/mol. The van der Waals surface area contributed by atoms with Crippen LogP contribution in [0, 0.1) is 6.92 Å². The Hall–Kier alpha value is -2.91. The molecule has 27 heavy (non-hydrogen) atoms. The second-order valence-electron chi connectivity index (χ2n) is 6.75. The third-order valence-electron chi connectivity index (χ3n) is 5.15. The van der Waals surface area contributed by atoms with E-state index in [1.165, 1.54) is 21.5 Å². The molecule has 0 amide bonds. The molecule has 5 aromatic carbocycles. The summed E-state index contributed by atoms with van der Waals surface area (Å²) < 4.78 is 6.70. The van der Waals surface area contributed by atoms with Gasteiger partial charge in [-0.3, -0.25) is 0 Å². The first-order valence-corrected chi connectivity index (χ1v) is 9.56. The van der Waals surface area contributed by atoms with Crippen LogP contribution < -0.4 is 4.74 Å². The minimum absolute atomic E-state index is 0.349. The summed E-state index contributed by atoms with van der Waals surface area (Å²) in [6.07, 6.45) is 0. The van der Waals surface area contributed by atoms with Gasteiger partial charge in [0.15, 0.2) is 0 Å².